The van der Waals surface area contributed by atoms with Gasteiger partial charge in [-0.3, -0.25) is 0 Å². The van der Waals surface area contributed by atoms with Crippen LogP contribution in [0.15, 0.2) is 352 Å². The van der Waals surface area contributed by atoms with Crippen molar-refractivity contribution in [3.05, 3.63) is 386 Å². The van der Waals surface area contributed by atoms with Gasteiger partial charge in [-0.15, -0.1) is 0 Å². The molecule has 20 rings (SSSR count). The molecule has 0 amide bonds. The third kappa shape index (κ3) is 14.6. The van der Waals surface area contributed by atoms with Crippen molar-refractivity contribution in [3.8, 4) is 90.2 Å². The second kappa shape index (κ2) is 32.2. The van der Waals surface area contributed by atoms with Gasteiger partial charge in [-0.25, -0.2) is 18.3 Å². The first-order chi connectivity index (χ1) is 56.6. The third-order valence-corrected chi connectivity index (χ3v) is 22.8. The first-order valence-electron chi connectivity index (χ1n) is 40.0. The van der Waals surface area contributed by atoms with E-state index < -0.39 is 0 Å². The average molecular weight is 1500 g/mol. The molecule has 20 aromatic rings. The van der Waals surface area contributed by atoms with Crippen molar-refractivity contribution < 1.29 is 18.3 Å². The number of benzene rings is 16. The zero-order valence-corrected chi connectivity index (χ0v) is 67.6. The number of nitrogens with zero attached hydrogens (tertiary/aromatic N) is 8. The highest BCUT2D eigenvalue weighted by atomic mass is 15.0. The molecule has 0 atom stereocenters. The van der Waals surface area contributed by atoms with E-state index in [1.165, 1.54) is 159 Å². The van der Waals surface area contributed by atoms with Crippen LogP contribution in [0.4, 0.5) is 0 Å². The number of rotatable bonds is 9. The largest absolute Gasteiger partial charge is 0.331 e. The lowest BCUT2D eigenvalue weighted by Gasteiger charge is -2.12. The molecule has 8 heteroatoms. The quantitative estimate of drug-likeness (QED) is 0.107. The van der Waals surface area contributed by atoms with E-state index in [1.807, 2.05) is 0 Å². The maximum absolute atomic E-state index is 5.18. The molecule has 0 fully saturated rings. The zero-order valence-electron chi connectivity index (χ0n) is 67.6. The smallest absolute Gasteiger partial charge is 0.232 e. The molecule has 0 unspecified atom stereocenters. The van der Waals surface area contributed by atoms with Gasteiger partial charge in [0.15, 0.2) is 22.1 Å². The van der Waals surface area contributed by atoms with Crippen molar-refractivity contribution in [1.29, 1.82) is 0 Å². The van der Waals surface area contributed by atoms with Crippen LogP contribution in [-0.2, 0) is 28.2 Å². The Kier molecular flexibility index (Phi) is 20.7. The molecule has 0 saturated heterocycles. The standard InChI is InChI=1S/C29H27N2.C27H23N2.2C26H21N2/c1-19(2)21-13-15-22(16-14-21)26-17-28-27(25-12-8-7-11-24(25)26)18-31(4)29(30-28)23-10-6-5-9-20(23)3;1-18-12-14-20(15-13-18)24-16-26-25(23-11-7-6-10-22(23)24)17-29(3)27(28-26)21-9-5-4-8-19(21)2;1-18-10-6-8-14-21(18)26-27-24-22-15-9-7-11-19(22)16-17-23(24)25(28(26)2)20-12-4-3-5-13-20;1-18-10-6-7-13-20(18)26-27-25-16-23(19-11-4-3-5-12-19)21-14-8-9-15-22(21)24(25)17-28(26)2/h5-19H,1-4H3;4-17H,1-3H3;2*3-17H,1-2H3/q4*+1. The number of hydrogen-bond acceptors (Lipinski definition) is 4. The van der Waals surface area contributed by atoms with Crippen LogP contribution in [0.1, 0.15) is 53.1 Å². The minimum Gasteiger partial charge on any atom is -0.232 e. The van der Waals surface area contributed by atoms with Gasteiger partial charge in [-0.05, 0) is 214 Å². The summed E-state index contributed by atoms with van der Waals surface area (Å²) in [7, 11) is 8.36. The van der Waals surface area contributed by atoms with Crippen LogP contribution >= 0.6 is 0 Å². The van der Waals surface area contributed by atoms with Crippen LogP contribution in [0.2, 0.25) is 0 Å². The molecule has 16 aromatic carbocycles. The fourth-order valence-electron chi connectivity index (χ4n) is 16.6. The minimum atomic E-state index is 0.528. The van der Waals surface area contributed by atoms with Gasteiger partial charge in [0.25, 0.3) is 0 Å². The lowest BCUT2D eigenvalue weighted by Crippen LogP contribution is -2.35. The molecule has 116 heavy (non-hydrogen) atoms. The number of hydrogen-bond donors (Lipinski definition) is 0. The molecule has 0 saturated carbocycles. The lowest BCUT2D eigenvalue weighted by molar-refractivity contribution is -0.661. The summed E-state index contributed by atoms with van der Waals surface area (Å²) in [5.74, 6) is 4.48. The van der Waals surface area contributed by atoms with Crippen molar-refractivity contribution in [2.45, 2.75) is 54.4 Å². The van der Waals surface area contributed by atoms with E-state index in [1.54, 1.807) is 0 Å². The summed E-state index contributed by atoms with van der Waals surface area (Å²) < 4.78 is 8.66. The van der Waals surface area contributed by atoms with Crippen LogP contribution in [0, 0.1) is 34.6 Å². The van der Waals surface area contributed by atoms with Crippen LogP contribution in [0.5, 0.6) is 0 Å². The van der Waals surface area contributed by atoms with Gasteiger partial charge in [0.05, 0.1) is 72.0 Å². The van der Waals surface area contributed by atoms with E-state index in [-0.39, 0.29) is 0 Å². The minimum absolute atomic E-state index is 0.528. The first kappa shape index (κ1) is 74.7. The zero-order chi connectivity index (χ0) is 79.7. The summed E-state index contributed by atoms with van der Waals surface area (Å²) in [4.78, 5) is 20.6. The summed E-state index contributed by atoms with van der Waals surface area (Å²) in [5, 5.41) is 14.6. The lowest BCUT2D eigenvalue weighted by atomic mass is 9.93. The van der Waals surface area contributed by atoms with Crippen LogP contribution in [0.3, 0.4) is 0 Å². The highest BCUT2D eigenvalue weighted by Crippen LogP contribution is 2.40. The number of aryl methyl sites for hydroxylation is 8. The van der Waals surface area contributed by atoms with E-state index in [2.05, 4.69) is 447 Å². The van der Waals surface area contributed by atoms with Crippen molar-refractivity contribution in [3.63, 3.8) is 0 Å². The Labute approximate surface area is 679 Å². The summed E-state index contributed by atoms with van der Waals surface area (Å²) in [6.45, 7) is 15.2. The Balaban J connectivity index is 0.000000111. The Hall–Kier alpha value is -14.1. The summed E-state index contributed by atoms with van der Waals surface area (Å²) >= 11 is 0. The van der Waals surface area contributed by atoms with Crippen molar-refractivity contribution in [1.82, 2.24) is 19.9 Å². The van der Waals surface area contributed by atoms with E-state index in [4.69, 9.17) is 19.9 Å². The van der Waals surface area contributed by atoms with Gasteiger partial charge in [-0.1, -0.05) is 298 Å². The molecule has 0 radical (unpaired) electrons. The molecule has 0 bridgehead atoms. The van der Waals surface area contributed by atoms with E-state index >= 15 is 0 Å². The third-order valence-electron chi connectivity index (χ3n) is 22.8. The second-order valence-electron chi connectivity index (χ2n) is 30.9. The Bertz CT molecular complexity index is 7140. The van der Waals surface area contributed by atoms with Crippen molar-refractivity contribution >= 4 is 86.7 Å². The topological polar surface area (TPSA) is 67.1 Å². The van der Waals surface area contributed by atoms with Gasteiger partial charge in [0.1, 0.15) is 24.3 Å². The maximum Gasteiger partial charge on any atom is 0.331 e. The maximum atomic E-state index is 5.18. The van der Waals surface area contributed by atoms with Crippen molar-refractivity contribution in [2.24, 2.45) is 28.2 Å². The van der Waals surface area contributed by atoms with Gasteiger partial charge < -0.3 is 0 Å². The molecule has 0 aliphatic carbocycles. The van der Waals surface area contributed by atoms with Crippen LogP contribution in [0.25, 0.3) is 177 Å². The molecular formula is C108H92N8+4. The van der Waals surface area contributed by atoms with Crippen molar-refractivity contribution in [2.75, 3.05) is 0 Å². The number of aromatic nitrogens is 8. The Morgan fingerprint density at radius 1 is 0.241 bits per heavy atom. The number of fused-ring (bicyclic) bond motifs is 12. The molecule has 0 aliphatic rings. The molecule has 0 spiro atoms. The fraction of sp³-hybridized carbons (Fsp3) is 0.111. The SMILES string of the molecule is Cc1ccc(-c2cc3nc(-c4ccccc4C)[n+](C)cc3c3ccccc23)cc1.Cc1ccccc1-c1nc2c(ccc3ccccc32)c(-c2ccccc2)[n+]1C.Cc1ccccc1-c1nc2cc(-c3ccc(C(C)C)cc3)c3ccccc3c2c[n+]1C.Cc1ccccc1-c1nc2cc(-c3ccccc3)c3ccccc3c2c[n+]1C. The monoisotopic (exact) mass is 1500 g/mol. The van der Waals surface area contributed by atoms with E-state index in [0.717, 1.165) is 50.9 Å². The van der Waals surface area contributed by atoms with Gasteiger partial charge in [0, 0.05) is 10.9 Å². The second-order valence-corrected chi connectivity index (χ2v) is 30.9. The molecule has 4 aromatic heterocycles. The van der Waals surface area contributed by atoms with Gasteiger partial charge in [-0.2, -0.15) is 0 Å². The molecule has 0 aliphatic heterocycles. The molecule has 560 valence electrons. The Morgan fingerprint density at radius 3 is 0.948 bits per heavy atom. The van der Waals surface area contributed by atoms with Crippen LogP contribution < -0.4 is 18.3 Å². The van der Waals surface area contributed by atoms with Gasteiger partial charge in [0.2, 0.25) is 0 Å². The normalized spacial score (nSPS) is 11.3. The highest BCUT2D eigenvalue weighted by Gasteiger charge is 2.28. The predicted octanol–water partition coefficient (Wildman–Crippen LogP) is 24.9. The highest BCUT2D eigenvalue weighted by molar-refractivity contribution is 6.15. The summed E-state index contributed by atoms with van der Waals surface area (Å²) in [6.07, 6.45) is 6.64. The van der Waals surface area contributed by atoms with Gasteiger partial charge >= 0.3 is 23.3 Å². The average Bonchev–Trinajstić information content (AvgIpc) is 0.766. The molecule has 8 nitrogen and oxygen atoms in total. The summed E-state index contributed by atoms with van der Waals surface area (Å²) in [6, 6.07) is 118. The van der Waals surface area contributed by atoms with E-state index in [9.17, 15) is 0 Å². The van der Waals surface area contributed by atoms with E-state index in [0.29, 0.717) is 5.92 Å². The summed E-state index contributed by atoms with van der Waals surface area (Å²) in [5.41, 5.74) is 26.1. The molecule has 0 N–H and O–H groups in total. The molecular weight excluding hydrogens is 1410 g/mol. The van der Waals surface area contributed by atoms with Crippen LogP contribution in [-0.4, -0.2) is 19.9 Å². The molecule has 4 heterocycles. The fourth-order valence-corrected chi connectivity index (χ4v) is 16.6. The predicted molar refractivity (Wildman–Crippen MR) is 483 cm³/mol. The first-order valence-corrected chi connectivity index (χ1v) is 40.0. The Morgan fingerprint density at radius 2 is 0.560 bits per heavy atom.